The number of nitrogens with one attached hydrogen (secondary N) is 1. The molecular weight excluding hydrogens is 234 g/mol. The molecule has 1 heterocycles. The predicted octanol–water partition coefficient (Wildman–Crippen LogP) is 4.13. The van der Waals surface area contributed by atoms with E-state index in [-0.39, 0.29) is 0 Å². The van der Waals surface area contributed by atoms with E-state index < -0.39 is 0 Å². The fourth-order valence-corrected chi connectivity index (χ4v) is 2.13. The maximum absolute atomic E-state index is 6.07. The first kappa shape index (κ1) is 14.2. The summed E-state index contributed by atoms with van der Waals surface area (Å²) in [5, 5.41) is 4.04. The minimum atomic E-state index is 0.481. The number of nitrogens with zero attached hydrogens (tertiary/aromatic N) is 2. The van der Waals surface area contributed by atoms with Gasteiger partial charge in [0.25, 0.3) is 0 Å². The van der Waals surface area contributed by atoms with Crippen LogP contribution in [0.15, 0.2) is 0 Å². The van der Waals surface area contributed by atoms with Gasteiger partial charge in [-0.1, -0.05) is 38.3 Å². The molecule has 96 valence electrons. The maximum Gasteiger partial charge on any atom is 0.137 e. The van der Waals surface area contributed by atoms with Gasteiger partial charge in [-0.15, -0.1) is 0 Å². The van der Waals surface area contributed by atoms with Gasteiger partial charge in [0.15, 0.2) is 0 Å². The molecule has 0 radical (unpaired) electrons. The molecule has 1 aromatic rings. The highest BCUT2D eigenvalue weighted by molar-refractivity contribution is 6.30. The molecule has 0 saturated carbocycles. The molecule has 0 bridgehead atoms. The van der Waals surface area contributed by atoms with Crippen molar-refractivity contribution in [3.8, 4) is 0 Å². The highest BCUT2D eigenvalue weighted by atomic mass is 35.5. The van der Waals surface area contributed by atoms with Crippen LogP contribution in [-0.2, 0) is 0 Å². The van der Waals surface area contributed by atoms with Crippen molar-refractivity contribution in [2.75, 3.05) is 5.32 Å². The largest absolute Gasteiger partial charge is 0.367 e. The van der Waals surface area contributed by atoms with E-state index in [2.05, 4.69) is 29.1 Å². The molecule has 0 aliphatic rings. The van der Waals surface area contributed by atoms with Crippen LogP contribution in [0.2, 0.25) is 5.15 Å². The quantitative estimate of drug-likeness (QED) is 0.777. The molecular formula is C13H22ClN3. The molecule has 0 spiro atoms. The zero-order chi connectivity index (χ0) is 12.8. The molecule has 17 heavy (non-hydrogen) atoms. The van der Waals surface area contributed by atoms with E-state index in [1.165, 1.54) is 12.8 Å². The minimum Gasteiger partial charge on any atom is -0.367 e. The minimum absolute atomic E-state index is 0.481. The van der Waals surface area contributed by atoms with Crippen LogP contribution in [0.4, 0.5) is 5.82 Å². The van der Waals surface area contributed by atoms with Crippen LogP contribution < -0.4 is 5.32 Å². The molecule has 0 amide bonds. The second-order valence-electron chi connectivity index (χ2n) is 4.45. The summed E-state index contributed by atoms with van der Waals surface area (Å²) in [5.74, 6) is 1.60. The van der Waals surface area contributed by atoms with Crippen LogP contribution in [0.3, 0.4) is 0 Å². The van der Waals surface area contributed by atoms with Gasteiger partial charge in [0, 0.05) is 11.6 Å². The Balaban J connectivity index is 2.84. The Morgan fingerprint density at radius 3 is 2.24 bits per heavy atom. The standard InChI is InChI=1S/C13H22ClN3/c1-5-7-11(8-6-2)17-13-9(3)12(14)15-10(4)16-13/h11H,5-8H2,1-4H3,(H,15,16,17). The Hall–Kier alpha value is -0.830. The summed E-state index contributed by atoms with van der Waals surface area (Å²) in [5.41, 5.74) is 0.939. The summed E-state index contributed by atoms with van der Waals surface area (Å²) in [6.07, 6.45) is 4.67. The smallest absolute Gasteiger partial charge is 0.137 e. The second-order valence-corrected chi connectivity index (χ2v) is 4.81. The molecule has 1 rings (SSSR count). The van der Waals surface area contributed by atoms with E-state index in [1.807, 2.05) is 13.8 Å². The van der Waals surface area contributed by atoms with Crippen molar-refractivity contribution in [3.05, 3.63) is 16.5 Å². The molecule has 0 unspecified atom stereocenters. The molecule has 0 aromatic carbocycles. The van der Waals surface area contributed by atoms with Gasteiger partial charge in [-0.3, -0.25) is 0 Å². The van der Waals surface area contributed by atoms with E-state index in [9.17, 15) is 0 Å². The van der Waals surface area contributed by atoms with Crippen LogP contribution in [-0.4, -0.2) is 16.0 Å². The van der Waals surface area contributed by atoms with Crippen molar-refractivity contribution >= 4 is 17.4 Å². The fourth-order valence-electron chi connectivity index (χ4n) is 1.91. The monoisotopic (exact) mass is 255 g/mol. The molecule has 1 N–H and O–H groups in total. The Kier molecular flexibility index (Phi) is 5.69. The average molecular weight is 256 g/mol. The average Bonchev–Trinajstić information content (AvgIpc) is 2.26. The fraction of sp³-hybridized carbons (Fsp3) is 0.692. The van der Waals surface area contributed by atoms with Gasteiger partial charge >= 0.3 is 0 Å². The molecule has 0 fully saturated rings. The maximum atomic E-state index is 6.07. The van der Waals surface area contributed by atoms with Gasteiger partial charge in [0.1, 0.15) is 16.8 Å². The van der Waals surface area contributed by atoms with Crippen LogP contribution in [0.1, 0.15) is 50.9 Å². The summed E-state index contributed by atoms with van der Waals surface area (Å²) < 4.78 is 0. The summed E-state index contributed by atoms with van der Waals surface area (Å²) >= 11 is 6.07. The topological polar surface area (TPSA) is 37.8 Å². The molecule has 0 aliphatic carbocycles. The summed E-state index contributed by atoms with van der Waals surface area (Å²) in [6, 6.07) is 0.481. The Morgan fingerprint density at radius 1 is 1.12 bits per heavy atom. The second kappa shape index (κ2) is 6.80. The van der Waals surface area contributed by atoms with E-state index in [1.54, 1.807) is 0 Å². The van der Waals surface area contributed by atoms with Crippen molar-refractivity contribution in [1.29, 1.82) is 0 Å². The van der Waals surface area contributed by atoms with Gasteiger partial charge in [-0.2, -0.15) is 0 Å². The first-order valence-electron chi connectivity index (χ1n) is 6.35. The van der Waals surface area contributed by atoms with Crippen molar-refractivity contribution in [1.82, 2.24) is 9.97 Å². The molecule has 0 aliphatic heterocycles. The van der Waals surface area contributed by atoms with Crippen molar-refractivity contribution in [3.63, 3.8) is 0 Å². The van der Waals surface area contributed by atoms with E-state index in [4.69, 9.17) is 11.6 Å². The van der Waals surface area contributed by atoms with Crippen LogP contribution in [0.25, 0.3) is 0 Å². The zero-order valence-corrected chi connectivity index (χ0v) is 11.9. The molecule has 0 saturated heterocycles. The van der Waals surface area contributed by atoms with Gasteiger partial charge in [-0.05, 0) is 26.7 Å². The number of anilines is 1. The van der Waals surface area contributed by atoms with E-state index in [0.717, 1.165) is 30.0 Å². The first-order valence-corrected chi connectivity index (χ1v) is 6.73. The highest BCUT2D eigenvalue weighted by Crippen LogP contribution is 2.22. The van der Waals surface area contributed by atoms with Gasteiger partial charge in [-0.25, -0.2) is 9.97 Å². The van der Waals surface area contributed by atoms with E-state index in [0.29, 0.717) is 11.2 Å². The third kappa shape index (κ3) is 4.15. The first-order chi connectivity index (χ1) is 8.08. The van der Waals surface area contributed by atoms with Gasteiger partial charge < -0.3 is 5.32 Å². The third-order valence-corrected chi connectivity index (χ3v) is 3.18. The summed E-state index contributed by atoms with van der Waals surface area (Å²) in [7, 11) is 0. The predicted molar refractivity (Wildman–Crippen MR) is 73.7 cm³/mol. The van der Waals surface area contributed by atoms with E-state index >= 15 is 0 Å². The SMILES string of the molecule is CCCC(CCC)Nc1nc(C)nc(Cl)c1C. The third-order valence-electron chi connectivity index (χ3n) is 2.81. The number of aryl methyl sites for hydroxylation is 1. The van der Waals surface area contributed by atoms with Crippen molar-refractivity contribution in [2.45, 2.75) is 59.4 Å². The molecule has 0 atom stereocenters. The number of hydrogen-bond donors (Lipinski definition) is 1. The zero-order valence-electron chi connectivity index (χ0n) is 11.2. The summed E-state index contributed by atoms with van der Waals surface area (Å²) in [6.45, 7) is 8.23. The number of rotatable bonds is 6. The van der Waals surface area contributed by atoms with Crippen LogP contribution >= 0.6 is 11.6 Å². The number of hydrogen-bond acceptors (Lipinski definition) is 3. The van der Waals surface area contributed by atoms with Gasteiger partial charge in [0.05, 0.1) is 0 Å². The van der Waals surface area contributed by atoms with Gasteiger partial charge in [0.2, 0.25) is 0 Å². The Labute approximate surface area is 109 Å². The number of halogens is 1. The number of aromatic nitrogens is 2. The molecule has 4 heteroatoms. The molecule has 3 nitrogen and oxygen atoms in total. The lowest BCUT2D eigenvalue weighted by atomic mass is 10.1. The lowest BCUT2D eigenvalue weighted by Gasteiger charge is -2.19. The normalized spacial score (nSPS) is 10.9. The van der Waals surface area contributed by atoms with Crippen LogP contribution in [0.5, 0.6) is 0 Å². The lowest BCUT2D eigenvalue weighted by molar-refractivity contribution is 0.583. The highest BCUT2D eigenvalue weighted by Gasteiger charge is 2.12. The lowest BCUT2D eigenvalue weighted by Crippen LogP contribution is -2.21. The Bertz CT molecular complexity index is 360. The van der Waals surface area contributed by atoms with Crippen molar-refractivity contribution < 1.29 is 0 Å². The van der Waals surface area contributed by atoms with Crippen LogP contribution in [0, 0.1) is 13.8 Å². The summed E-state index contributed by atoms with van der Waals surface area (Å²) in [4.78, 5) is 8.58. The Morgan fingerprint density at radius 2 is 1.71 bits per heavy atom. The molecule has 1 aromatic heterocycles. The van der Waals surface area contributed by atoms with Crippen molar-refractivity contribution in [2.24, 2.45) is 0 Å².